The molecule has 24 heavy (non-hydrogen) atoms. The Bertz CT molecular complexity index is 664. The molecule has 1 saturated heterocycles. The zero-order chi connectivity index (χ0) is 17.1. The molecular weight excluding hydrogens is 300 g/mol. The molecular formula is C19H26N4O. The summed E-state index contributed by atoms with van der Waals surface area (Å²) in [7, 11) is 0. The van der Waals surface area contributed by atoms with Crippen LogP contribution in [-0.4, -0.2) is 46.9 Å². The number of hydrogen-bond acceptors (Lipinski definition) is 4. The molecule has 1 amide bonds. The van der Waals surface area contributed by atoms with Gasteiger partial charge in [-0.25, -0.2) is 0 Å². The van der Waals surface area contributed by atoms with Crippen LogP contribution in [0.4, 0.5) is 0 Å². The van der Waals surface area contributed by atoms with E-state index in [2.05, 4.69) is 22.9 Å². The Morgan fingerprint density at radius 1 is 1.46 bits per heavy atom. The van der Waals surface area contributed by atoms with E-state index >= 15 is 0 Å². The molecule has 3 heterocycles. The SMILES string of the molecule is Cc1ncc2c(c1C#N)CCN(CCC(=O)N1CCC[C@H](C)C1)C2. The second-order valence-electron chi connectivity index (χ2n) is 7.20. The van der Waals surface area contributed by atoms with E-state index in [1.807, 2.05) is 18.0 Å². The number of hydrogen-bond donors (Lipinski definition) is 0. The normalized spacial score (nSPS) is 21.2. The third-order valence-corrected chi connectivity index (χ3v) is 5.30. The first-order valence-electron chi connectivity index (χ1n) is 8.96. The van der Waals surface area contributed by atoms with E-state index in [0.717, 1.165) is 67.9 Å². The summed E-state index contributed by atoms with van der Waals surface area (Å²) in [6.45, 7) is 8.44. The Labute approximate surface area is 144 Å². The first-order valence-corrected chi connectivity index (χ1v) is 8.96. The summed E-state index contributed by atoms with van der Waals surface area (Å²) in [5.74, 6) is 0.912. The van der Waals surface area contributed by atoms with E-state index in [-0.39, 0.29) is 5.91 Å². The topological polar surface area (TPSA) is 60.2 Å². The summed E-state index contributed by atoms with van der Waals surface area (Å²) in [5.41, 5.74) is 3.85. The molecule has 0 aromatic carbocycles. The van der Waals surface area contributed by atoms with Crippen LogP contribution in [0.25, 0.3) is 0 Å². The highest BCUT2D eigenvalue weighted by molar-refractivity contribution is 5.76. The number of rotatable bonds is 3. The molecule has 0 saturated carbocycles. The molecule has 1 aromatic rings. The molecule has 0 spiro atoms. The Balaban J connectivity index is 1.57. The lowest BCUT2D eigenvalue weighted by atomic mass is 9.95. The quantitative estimate of drug-likeness (QED) is 0.855. The van der Waals surface area contributed by atoms with E-state index in [1.54, 1.807) is 0 Å². The first kappa shape index (κ1) is 16.9. The predicted molar refractivity (Wildman–Crippen MR) is 92.3 cm³/mol. The number of fused-ring (bicyclic) bond motifs is 1. The van der Waals surface area contributed by atoms with Crippen LogP contribution in [0.5, 0.6) is 0 Å². The molecule has 1 atom stereocenters. The minimum absolute atomic E-state index is 0.284. The van der Waals surface area contributed by atoms with Crippen LogP contribution in [0.15, 0.2) is 6.20 Å². The van der Waals surface area contributed by atoms with E-state index in [1.165, 1.54) is 6.42 Å². The van der Waals surface area contributed by atoms with Crippen molar-refractivity contribution in [3.05, 3.63) is 28.6 Å². The Hall–Kier alpha value is -1.93. The van der Waals surface area contributed by atoms with Crippen LogP contribution in [0.2, 0.25) is 0 Å². The average molecular weight is 326 g/mol. The number of nitriles is 1. The second-order valence-corrected chi connectivity index (χ2v) is 7.20. The van der Waals surface area contributed by atoms with Gasteiger partial charge in [-0.2, -0.15) is 5.26 Å². The highest BCUT2D eigenvalue weighted by Gasteiger charge is 2.24. The number of carbonyl (C=O) groups is 1. The van der Waals surface area contributed by atoms with Crippen LogP contribution in [-0.2, 0) is 17.8 Å². The fourth-order valence-corrected chi connectivity index (χ4v) is 3.87. The maximum Gasteiger partial charge on any atom is 0.223 e. The summed E-state index contributed by atoms with van der Waals surface area (Å²) in [6.07, 6.45) is 5.72. The van der Waals surface area contributed by atoms with Gasteiger partial charge in [-0.1, -0.05) is 6.92 Å². The lowest BCUT2D eigenvalue weighted by Crippen LogP contribution is -2.41. The van der Waals surface area contributed by atoms with Gasteiger partial charge < -0.3 is 4.90 Å². The van der Waals surface area contributed by atoms with Gasteiger partial charge in [0.25, 0.3) is 0 Å². The molecule has 2 aliphatic heterocycles. The van der Waals surface area contributed by atoms with Crippen LogP contribution < -0.4 is 0 Å². The van der Waals surface area contributed by atoms with Crippen molar-refractivity contribution < 1.29 is 4.79 Å². The maximum absolute atomic E-state index is 12.4. The number of carbonyl (C=O) groups excluding carboxylic acids is 1. The van der Waals surface area contributed by atoms with Gasteiger partial charge >= 0.3 is 0 Å². The van der Waals surface area contributed by atoms with Crippen LogP contribution in [0.3, 0.4) is 0 Å². The van der Waals surface area contributed by atoms with E-state index in [9.17, 15) is 10.1 Å². The van der Waals surface area contributed by atoms with Gasteiger partial charge in [0.05, 0.1) is 11.3 Å². The zero-order valence-electron chi connectivity index (χ0n) is 14.7. The highest BCUT2D eigenvalue weighted by atomic mass is 16.2. The molecule has 0 radical (unpaired) electrons. The number of likely N-dealkylation sites (tertiary alicyclic amines) is 1. The molecule has 0 aliphatic carbocycles. The van der Waals surface area contributed by atoms with Gasteiger partial charge in [-0.3, -0.25) is 14.7 Å². The third-order valence-electron chi connectivity index (χ3n) is 5.30. The van der Waals surface area contributed by atoms with Crippen molar-refractivity contribution in [2.24, 2.45) is 5.92 Å². The average Bonchev–Trinajstić information content (AvgIpc) is 2.59. The van der Waals surface area contributed by atoms with Crippen molar-refractivity contribution in [3.8, 4) is 6.07 Å². The second kappa shape index (κ2) is 7.31. The molecule has 0 bridgehead atoms. The van der Waals surface area contributed by atoms with Gasteiger partial charge in [-0.05, 0) is 43.2 Å². The first-order chi connectivity index (χ1) is 11.6. The lowest BCUT2D eigenvalue weighted by Gasteiger charge is -2.33. The summed E-state index contributed by atoms with van der Waals surface area (Å²) in [4.78, 5) is 21.1. The molecule has 5 heteroatoms. The van der Waals surface area contributed by atoms with E-state index in [0.29, 0.717) is 12.3 Å². The molecule has 3 rings (SSSR count). The maximum atomic E-state index is 12.4. The van der Waals surface area contributed by atoms with Gasteiger partial charge in [0.15, 0.2) is 0 Å². The van der Waals surface area contributed by atoms with Gasteiger partial charge in [0.2, 0.25) is 5.91 Å². The van der Waals surface area contributed by atoms with Crippen LogP contribution >= 0.6 is 0 Å². The minimum atomic E-state index is 0.284. The summed E-state index contributed by atoms with van der Waals surface area (Å²) >= 11 is 0. The van der Waals surface area contributed by atoms with Gasteiger partial charge in [0.1, 0.15) is 6.07 Å². The largest absolute Gasteiger partial charge is 0.342 e. The van der Waals surface area contributed by atoms with Crippen LogP contribution in [0.1, 0.15) is 48.6 Å². The molecule has 0 unspecified atom stereocenters. The van der Waals surface area contributed by atoms with Crippen molar-refractivity contribution in [1.82, 2.24) is 14.8 Å². The lowest BCUT2D eigenvalue weighted by molar-refractivity contribution is -0.133. The Morgan fingerprint density at radius 2 is 2.29 bits per heavy atom. The number of aryl methyl sites for hydroxylation is 1. The van der Waals surface area contributed by atoms with Crippen molar-refractivity contribution in [3.63, 3.8) is 0 Å². The number of nitrogens with zero attached hydrogens (tertiary/aromatic N) is 4. The summed E-state index contributed by atoms with van der Waals surface area (Å²) < 4.78 is 0. The van der Waals surface area contributed by atoms with Crippen molar-refractivity contribution in [2.45, 2.75) is 46.1 Å². The highest BCUT2D eigenvalue weighted by Crippen LogP contribution is 2.23. The Kier molecular flexibility index (Phi) is 5.15. The molecule has 1 fully saturated rings. The molecule has 1 aromatic heterocycles. The van der Waals surface area contributed by atoms with E-state index < -0.39 is 0 Å². The Morgan fingerprint density at radius 3 is 3.04 bits per heavy atom. The summed E-state index contributed by atoms with van der Waals surface area (Å²) in [5, 5.41) is 9.33. The van der Waals surface area contributed by atoms with Crippen molar-refractivity contribution in [1.29, 1.82) is 5.26 Å². The minimum Gasteiger partial charge on any atom is -0.342 e. The number of amides is 1. The zero-order valence-corrected chi connectivity index (χ0v) is 14.7. The standard InChI is InChI=1S/C19H26N4O/c1-14-4-3-7-23(12-14)19(24)6-9-22-8-5-17-16(13-22)11-21-15(2)18(17)10-20/h11,14H,3-9,12-13H2,1-2H3/t14-/m0/s1. The number of pyridine rings is 1. The molecule has 5 nitrogen and oxygen atoms in total. The smallest absolute Gasteiger partial charge is 0.223 e. The van der Waals surface area contributed by atoms with Gasteiger partial charge in [-0.15, -0.1) is 0 Å². The molecule has 2 aliphatic rings. The number of aromatic nitrogens is 1. The fraction of sp³-hybridized carbons (Fsp3) is 0.632. The number of piperidine rings is 1. The molecule has 128 valence electrons. The summed E-state index contributed by atoms with van der Waals surface area (Å²) in [6, 6.07) is 2.29. The van der Waals surface area contributed by atoms with Crippen molar-refractivity contribution >= 4 is 5.91 Å². The van der Waals surface area contributed by atoms with Crippen LogP contribution in [0, 0.1) is 24.2 Å². The monoisotopic (exact) mass is 326 g/mol. The third kappa shape index (κ3) is 3.59. The van der Waals surface area contributed by atoms with Crippen molar-refractivity contribution in [2.75, 3.05) is 26.2 Å². The van der Waals surface area contributed by atoms with Gasteiger partial charge in [0, 0.05) is 45.3 Å². The fourth-order valence-electron chi connectivity index (χ4n) is 3.87. The predicted octanol–water partition coefficient (Wildman–Crippen LogP) is 2.27. The molecule has 0 N–H and O–H groups in total. The van der Waals surface area contributed by atoms with E-state index in [4.69, 9.17) is 0 Å².